The fourth-order valence-electron chi connectivity index (χ4n) is 3.23. The largest absolute Gasteiger partial charge is 0.381 e. The van der Waals surface area contributed by atoms with Crippen molar-refractivity contribution < 1.29 is 9.47 Å². The molecule has 3 heterocycles. The molecule has 3 rings (SSSR count). The maximum absolute atomic E-state index is 6.25. The van der Waals surface area contributed by atoms with Crippen molar-refractivity contribution in [2.24, 2.45) is 0 Å². The van der Waals surface area contributed by atoms with Crippen molar-refractivity contribution >= 4 is 0 Å². The lowest BCUT2D eigenvalue weighted by Crippen LogP contribution is -2.56. The number of morpholine rings is 1. The molecule has 1 unspecified atom stereocenters. The smallest absolute Gasteiger partial charge is 0.0857 e. The molecular weight excluding hydrogens is 242 g/mol. The van der Waals surface area contributed by atoms with Gasteiger partial charge in [0.2, 0.25) is 0 Å². The molecule has 0 aliphatic carbocycles. The number of H-pyrrole nitrogens is 1. The van der Waals surface area contributed by atoms with Crippen LogP contribution in [0, 0.1) is 6.92 Å². The van der Waals surface area contributed by atoms with E-state index in [-0.39, 0.29) is 11.7 Å². The second-order valence-electron chi connectivity index (χ2n) is 5.93. The van der Waals surface area contributed by atoms with Crippen molar-refractivity contribution in [2.75, 3.05) is 26.3 Å². The fraction of sp³-hybridized carbons (Fsp3) is 0.786. The second-order valence-corrected chi connectivity index (χ2v) is 5.93. The van der Waals surface area contributed by atoms with Crippen LogP contribution in [0.3, 0.4) is 0 Å². The van der Waals surface area contributed by atoms with E-state index in [9.17, 15) is 0 Å². The number of aryl methyl sites for hydroxylation is 1. The summed E-state index contributed by atoms with van der Waals surface area (Å²) >= 11 is 0. The van der Waals surface area contributed by atoms with Gasteiger partial charge in [-0.25, -0.2) is 0 Å². The topological polar surface area (TPSA) is 50.4 Å². The van der Waals surface area contributed by atoms with Crippen LogP contribution in [0.25, 0.3) is 0 Å². The van der Waals surface area contributed by atoms with Gasteiger partial charge in [-0.05, 0) is 19.4 Å². The summed E-state index contributed by atoms with van der Waals surface area (Å²) in [5.74, 6) is 0. The Morgan fingerprint density at radius 2 is 2.26 bits per heavy atom. The maximum Gasteiger partial charge on any atom is 0.0857 e. The van der Waals surface area contributed by atoms with Gasteiger partial charge < -0.3 is 9.47 Å². The molecule has 1 N–H and O–H groups in total. The number of hydrogen-bond donors (Lipinski definition) is 1. The van der Waals surface area contributed by atoms with E-state index in [2.05, 4.69) is 28.9 Å². The molecule has 0 saturated carbocycles. The van der Waals surface area contributed by atoms with E-state index in [0.29, 0.717) is 0 Å². The van der Waals surface area contributed by atoms with Crippen LogP contribution in [-0.4, -0.2) is 53.1 Å². The molecule has 2 aliphatic rings. The van der Waals surface area contributed by atoms with Crippen LogP contribution in [0.15, 0.2) is 6.20 Å². The zero-order valence-corrected chi connectivity index (χ0v) is 11.8. The Bertz CT molecular complexity index is 426. The molecule has 2 saturated heterocycles. The Labute approximate surface area is 114 Å². The van der Waals surface area contributed by atoms with Crippen molar-refractivity contribution in [3.8, 4) is 0 Å². The van der Waals surface area contributed by atoms with Gasteiger partial charge in [-0.15, -0.1) is 0 Å². The van der Waals surface area contributed by atoms with Crippen LogP contribution in [0.4, 0.5) is 0 Å². The number of ether oxygens (including phenoxy) is 2. The maximum atomic E-state index is 6.25. The van der Waals surface area contributed by atoms with Crippen LogP contribution in [0.1, 0.15) is 31.0 Å². The number of aromatic amines is 1. The van der Waals surface area contributed by atoms with Gasteiger partial charge >= 0.3 is 0 Å². The van der Waals surface area contributed by atoms with Crippen LogP contribution >= 0.6 is 0 Å². The van der Waals surface area contributed by atoms with Gasteiger partial charge in [0.1, 0.15) is 0 Å². The Kier molecular flexibility index (Phi) is 3.60. The van der Waals surface area contributed by atoms with Crippen molar-refractivity contribution in [2.45, 2.75) is 44.9 Å². The summed E-state index contributed by atoms with van der Waals surface area (Å²) in [6.45, 7) is 8.84. The SMILES string of the molecule is Cc1cn[nH]c1CN1CC(C)OC2(CCOCC2)C1. The third kappa shape index (κ3) is 2.83. The molecule has 1 atom stereocenters. The normalized spacial score (nSPS) is 27.8. The first-order valence-electron chi connectivity index (χ1n) is 7.14. The molecule has 0 amide bonds. The Morgan fingerprint density at radius 3 is 2.95 bits per heavy atom. The first-order valence-corrected chi connectivity index (χ1v) is 7.14. The van der Waals surface area contributed by atoms with E-state index < -0.39 is 0 Å². The number of aromatic nitrogens is 2. The highest BCUT2D eigenvalue weighted by Gasteiger charge is 2.40. The fourth-order valence-corrected chi connectivity index (χ4v) is 3.23. The molecular formula is C14H23N3O2. The zero-order chi connectivity index (χ0) is 13.3. The minimum atomic E-state index is 0.00381. The second kappa shape index (κ2) is 5.23. The first-order chi connectivity index (χ1) is 9.17. The third-order valence-corrected chi connectivity index (χ3v) is 4.20. The molecule has 5 heteroatoms. The summed E-state index contributed by atoms with van der Waals surface area (Å²) in [6, 6.07) is 0. The molecule has 0 bridgehead atoms. The van der Waals surface area contributed by atoms with Gasteiger partial charge in [-0.3, -0.25) is 10.00 Å². The highest BCUT2D eigenvalue weighted by molar-refractivity contribution is 5.13. The molecule has 1 aromatic rings. The van der Waals surface area contributed by atoms with E-state index in [1.54, 1.807) is 0 Å². The summed E-state index contributed by atoms with van der Waals surface area (Å²) in [7, 11) is 0. The van der Waals surface area contributed by atoms with E-state index in [1.165, 1.54) is 11.3 Å². The van der Waals surface area contributed by atoms with Gasteiger partial charge in [0, 0.05) is 45.7 Å². The van der Waals surface area contributed by atoms with Gasteiger partial charge in [0.15, 0.2) is 0 Å². The van der Waals surface area contributed by atoms with Crippen LogP contribution in [-0.2, 0) is 16.0 Å². The Hall–Kier alpha value is -0.910. The highest BCUT2D eigenvalue weighted by Crippen LogP contribution is 2.32. The van der Waals surface area contributed by atoms with Gasteiger partial charge in [-0.2, -0.15) is 5.10 Å². The Morgan fingerprint density at radius 1 is 1.47 bits per heavy atom. The lowest BCUT2D eigenvalue weighted by atomic mass is 9.91. The summed E-state index contributed by atoms with van der Waals surface area (Å²) in [4.78, 5) is 2.49. The van der Waals surface area contributed by atoms with E-state index in [4.69, 9.17) is 9.47 Å². The van der Waals surface area contributed by atoms with E-state index >= 15 is 0 Å². The lowest BCUT2D eigenvalue weighted by Gasteiger charge is -2.47. The standard InChI is InChI=1S/C14H23N3O2/c1-11-7-15-16-13(11)9-17-8-12(2)19-14(10-17)3-5-18-6-4-14/h7,12H,3-6,8-10H2,1-2H3,(H,15,16). The zero-order valence-electron chi connectivity index (χ0n) is 11.8. The molecule has 2 fully saturated rings. The number of nitrogens with zero attached hydrogens (tertiary/aromatic N) is 2. The highest BCUT2D eigenvalue weighted by atomic mass is 16.5. The summed E-state index contributed by atoms with van der Waals surface area (Å²) in [6.07, 6.45) is 4.20. The van der Waals surface area contributed by atoms with Crippen LogP contribution < -0.4 is 0 Å². The van der Waals surface area contributed by atoms with E-state index in [0.717, 1.165) is 45.7 Å². The van der Waals surface area contributed by atoms with Crippen molar-refractivity contribution in [1.29, 1.82) is 0 Å². The number of rotatable bonds is 2. The quantitative estimate of drug-likeness (QED) is 0.880. The van der Waals surface area contributed by atoms with Crippen molar-refractivity contribution in [3.63, 3.8) is 0 Å². The van der Waals surface area contributed by atoms with Gasteiger partial charge in [-0.1, -0.05) is 0 Å². The molecule has 0 radical (unpaired) electrons. The average Bonchev–Trinajstić information content (AvgIpc) is 2.75. The minimum Gasteiger partial charge on any atom is -0.381 e. The van der Waals surface area contributed by atoms with E-state index in [1.807, 2.05) is 6.20 Å². The summed E-state index contributed by atoms with van der Waals surface area (Å²) < 4.78 is 11.7. The molecule has 19 heavy (non-hydrogen) atoms. The van der Waals surface area contributed by atoms with Crippen LogP contribution in [0.2, 0.25) is 0 Å². The number of hydrogen-bond acceptors (Lipinski definition) is 4. The molecule has 5 nitrogen and oxygen atoms in total. The average molecular weight is 265 g/mol. The predicted molar refractivity (Wildman–Crippen MR) is 71.9 cm³/mol. The molecule has 1 aromatic heterocycles. The predicted octanol–water partition coefficient (Wildman–Crippen LogP) is 1.49. The molecule has 0 aromatic carbocycles. The molecule has 2 aliphatic heterocycles. The monoisotopic (exact) mass is 265 g/mol. The van der Waals surface area contributed by atoms with Crippen molar-refractivity contribution in [1.82, 2.24) is 15.1 Å². The van der Waals surface area contributed by atoms with Crippen LogP contribution in [0.5, 0.6) is 0 Å². The van der Waals surface area contributed by atoms with Gasteiger partial charge in [0.05, 0.1) is 23.6 Å². The summed E-state index contributed by atoms with van der Waals surface area (Å²) in [5, 5.41) is 7.21. The first kappa shape index (κ1) is 13.1. The molecule has 1 spiro atoms. The molecule has 106 valence electrons. The third-order valence-electron chi connectivity index (χ3n) is 4.20. The minimum absolute atomic E-state index is 0.00381. The van der Waals surface area contributed by atoms with Gasteiger partial charge in [0.25, 0.3) is 0 Å². The lowest BCUT2D eigenvalue weighted by molar-refractivity contribution is -0.185. The summed E-state index contributed by atoms with van der Waals surface area (Å²) in [5.41, 5.74) is 2.46. The van der Waals surface area contributed by atoms with Crippen molar-refractivity contribution in [3.05, 3.63) is 17.5 Å². The Balaban J connectivity index is 1.70. The number of nitrogens with one attached hydrogen (secondary N) is 1.